The largest absolute Gasteiger partial charge is 0.481 e. The van der Waals surface area contributed by atoms with E-state index in [1.165, 1.54) is 0 Å². The van der Waals surface area contributed by atoms with E-state index in [0.717, 1.165) is 6.26 Å². The summed E-state index contributed by atoms with van der Waals surface area (Å²) in [6.45, 7) is 1.14. The van der Waals surface area contributed by atoms with E-state index in [9.17, 15) is 13.2 Å². The smallest absolute Gasteiger partial charge is 0.306 e. The molecule has 1 heterocycles. The SMILES string of the molecule is CS(=O)(=O)OCN1CCC(C(=O)O)CC1. The summed E-state index contributed by atoms with van der Waals surface area (Å²) in [4.78, 5) is 12.4. The van der Waals surface area contributed by atoms with Gasteiger partial charge in [0.25, 0.3) is 10.1 Å². The van der Waals surface area contributed by atoms with E-state index in [2.05, 4.69) is 4.18 Å². The second kappa shape index (κ2) is 4.91. The Morgan fingerprint density at radius 2 is 2.00 bits per heavy atom. The summed E-state index contributed by atoms with van der Waals surface area (Å²) in [5.41, 5.74) is 0. The second-order valence-electron chi connectivity index (χ2n) is 3.68. The number of rotatable bonds is 4. The van der Waals surface area contributed by atoms with Crippen LogP contribution in [-0.4, -0.2) is 50.5 Å². The molecule has 1 saturated heterocycles. The summed E-state index contributed by atoms with van der Waals surface area (Å²) in [6, 6.07) is 0. The summed E-state index contributed by atoms with van der Waals surface area (Å²) in [7, 11) is -3.41. The highest BCUT2D eigenvalue weighted by atomic mass is 32.2. The minimum absolute atomic E-state index is 0.0190. The first-order valence-electron chi connectivity index (χ1n) is 4.68. The molecule has 0 aromatic heterocycles. The van der Waals surface area contributed by atoms with Gasteiger partial charge >= 0.3 is 5.97 Å². The molecule has 1 fully saturated rings. The number of hydrogen-bond acceptors (Lipinski definition) is 5. The van der Waals surface area contributed by atoms with Crippen LogP contribution in [0.3, 0.4) is 0 Å². The summed E-state index contributed by atoms with van der Waals surface area (Å²) < 4.78 is 26.0. The maximum atomic E-state index is 10.7. The van der Waals surface area contributed by atoms with Crippen molar-refractivity contribution in [2.45, 2.75) is 12.8 Å². The highest BCUT2D eigenvalue weighted by Crippen LogP contribution is 2.17. The van der Waals surface area contributed by atoms with Crippen molar-refractivity contribution >= 4 is 16.1 Å². The molecule has 0 radical (unpaired) electrons. The number of carboxylic acid groups (broad SMARTS) is 1. The molecule has 0 bridgehead atoms. The number of piperidine rings is 1. The third-order valence-electron chi connectivity index (χ3n) is 2.39. The Morgan fingerprint density at radius 3 is 2.40 bits per heavy atom. The molecule has 1 N–H and O–H groups in total. The van der Waals surface area contributed by atoms with Crippen molar-refractivity contribution < 1.29 is 22.5 Å². The number of aliphatic carboxylic acids is 1. The van der Waals surface area contributed by atoms with Gasteiger partial charge in [0.2, 0.25) is 0 Å². The minimum atomic E-state index is -3.41. The number of likely N-dealkylation sites (tertiary alicyclic amines) is 1. The van der Waals surface area contributed by atoms with Gasteiger partial charge in [0.1, 0.15) is 6.73 Å². The van der Waals surface area contributed by atoms with Crippen molar-refractivity contribution in [3.63, 3.8) is 0 Å². The molecule has 0 saturated carbocycles. The molecule has 15 heavy (non-hydrogen) atoms. The van der Waals surface area contributed by atoms with Gasteiger partial charge in [-0.1, -0.05) is 0 Å². The van der Waals surface area contributed by atoms with Crippen molar-refractivity contribution in [1.82, 2.24) is 4.90 Å². The Hall–Kier alpha value is -0.660. The summed E-state index contributed by atoms with van der Waals surface area (Å²) in [5.74, 6) is -1.09. The minimum Gasteiger partial charge on any atom is -0.481 e. The van der Waals surface area contributed by atoms with Crippen molar-refractivity contribution in [3.8, 4) is 0 Å². The fraction of sp³-hybridized carbons (Fsp3) is 0.875. The van der Waals surface area contributed by atoms with Crippen molar-refractivity contribution in [3.05, 3.63) is 0 Å². The molecule has 1 rings (SSSR count). The van der Waals surface area contributed by atoms with E-state index in [4.69, 9.17) is 5.11 Å². The van der Waals surface area contributed by atoms with E-state index < -0.39 is 16.1 Å². The molecular formula is C8H15NO5S. The zero-order valence-corrected chi connectivity index (χ0v) is 9.37. The molecule has 0 unspecified atom stereocenters. The zero-order chi connectivity index (χ0) is 11.5. The van der Waals surface area contributed by atoms with Gasteiger partial charge in [0, 0.05) is 13.1 Å². The highest BCUT2D eigenvalue weighted by molar-refractivity contribution is 7.85. The number of hydrogen-bond donors (Lipinski definition) is 1. The van der Waals surface area contributed by atoms with Crippen molar-refractivity contribution in [2.75, 3.05) is 26.1 Å². The molecule has 1 aliphatic heterocycles. The van der Waals surface area contributed by atoms with Crippen LogP contribution in [0.15, 0.2) is 0 Å². The van der Waals surface area contributed by atoms with Crippen LogP contribution < -0.4 is 0 Å². The lowest BCUT2D eigenvalue weighted by Gasteiger charge is -2.28. The normalized spacial score (nSPS) is 20.3. The average Bonchev–Trinajstić information content (AvgIpc) is 2.14. The Morgan fingerprint density at radius 1 is 1.47 bits per heavy atom. The lowest BCUT2D eigenvalue weighted by Crippen LogP contribution is -2.38. The van der Waals surface area contributed by atoms with Crippen molar-refractivity contribution in [1.29, 1.82) is 0 Å². The van der Waals surface area contributed by atoms with Crippen LogP contribution in [0.1, 0.15) is 12.8 Å². The van der Waals surface area contributed by atoms with E-state index in [0.29, 0.717) is 25.9 Å². The first-order valence-corrected chi connectivity index (χ1v) is 6.50. The van der Waals surface area contributed by atoms with E-state index in [1.807, 2.05) is 0 Å². The number of carbonyl (C=O) groups is 1. The van der Waals surface area contributed by atoms with Crippen LogP contribution in [-0.2, 0) is 19.1 Å². The molecule has 88 valence electrons. The monoisotopic (exact) mass is 237 g/mol. The Bertz CT molecular complexity index is 318. The lowest BCUT2D eigenvalue weighted by atomic mass is 9.98. The average molecular weight is 237 g/mol. The van der Waals surface area contributed by atoms with E-state index in [-0.39, 0.29) is 12.6 Å². The fourth-order valence-electron chi connectivity index (χ4n) is 1.48. The molecule has 1 aliphatic rings. The summed E-state index contributed by atoms with van der Waals surface area (Å²) in [5, 5.41) is 8.74. The maximum absolute atomic E-state index is 10.7. The molecular weight excluding hydrogens is 222 g/mol. The van der Waals surface area contributed by atoms with Gasteiger partial charge in [-0.15, -0.1) is 0 Å². The predicted octanol–water partition coefficient (Wildman–Crippen LogP) is -0.283. The Balaban J connectivity index is 2.29. The van der Waals surface area contributed by atoms with Gasteiger partial charge in [-0.05, 0) is 12.8 Å². The van der Waals surface area contributed by atoms with Crippen LogP contribution in [0, 0.1) is 5.92 Å². The summed E-state index contributed by atoms with van der Waals surface area (Å²) in [6.07, 6.45) is 2.09. The molecule has 6 nitrogen and oxygen atoms in total. The highest BCUT2D eigenvalue weighted by Gasteiger charge is 2.24. The van der Waals surface area contributed by atoms with Crippen LogP contribution in [0.2, 0.25) is 0 Å². The number of nitrogens with zero attached hydrogens (tertiary/aromatic N) is 1. The van der Waals surface area contributed by atoms with Gasteiger partial charge in [0.05, 0.1) is 12.2 Å². The second-order valence-corrected chi connectivity index (χ2v) is 5.33. The first kappa shape index (κ1) is 12.4. The lowest BCUT2D eigenvalue weighted by molar-refractivity contribution is -0.143. The van der Waals surface area contributed by atoms with Gasteiger partial charge in [-0.3, -0.25) is 13.9 Å². The third kappa shape index (κ3) is 4.59. The third-order valence-corrected chi connectivity index (χ3v) is 2.92. The maximum Gasteiger partial charge on any atom is 0.306 e. The quantitative estimate of drug-likeness (QED) is 0.677. The molecule has 0 atom stereocenters. The summed E-state index contributed by atoms with van der Waals surface area (Å²) >= 11 is 0. The standard InChI is InChI=1S/C8H15NO5S/c1-15(12,13)14-6-9-4-2-7(3-5-9)8(10)11/h7H,2-6H2,1H3,(H,10,11). The van der Waals surface area contributed by atoms with Crippen LogP contribution in [0.4, 0.5) is 0 Å². The van der Waals surface area contributed by atoms with Crippen LogP contribution >= 0.6 is 0 Å². The topological polar surface area (TPSA) is 83.9 Å². The van der Waals surface area contributed by atoms with Gasteiger partial charge in [-0.25, -0.2) is 0 Å². The number of carboxylic acids is 1. The van der Waals surface area contributed by atoms with E-state index >= 15 is 0 Å². The fourth-order valence-corrected chi connectivity index (χ4v) is 1.82. The van der Waals surface area contributed by atoms with Crippen LogP contribution in [0.5, 0.6) is 0 Å². The molecule has 0 amide bonds. The Kier molecular flexibility index (Phi) is 4.06. The Labute approximate surface area is 89.0 Å². The van der Waals surface area contributed by atoms with Gasteiger partial charge < -0.3 is 5.11 Å². The molecule has 0 spiro atoms. The molecule has 7 heteroatoms. The molecule has 0 aromatic carbocycles. The molecule has 0 aliphatic carbocycles. The van der Waals surface area contributed by atoms with E-state index in [1.54, 1.807) is 4.90 Å². The van der Waals surface area contributed by atoms with Gasteiger partial charge in [-0.2, -0.15) is 8.42 Å². The molecule has 0 aromatic rings. The first-order chi connectivity index (χ1) is 6.88. The predicted molar refractivity (Wildman–Crippen MR) is 52.7 cm³/mol. The van der Waals surface area contributed by atoms with Crippen LogP contribution in [0.25, 0.3) is 0 Å². The van der Waals surface area contributed by atoms with Crippen molar-refractivity contribution in [2.24, 2.45) is 5.92 Å². The van der Waals surface area contributed by atoms with Gasteiger partial charge in [0.15, 0.2) is 0 Å². The zero-order valence-electron chi connectivity index (χ0n) is 8.55.